The van der Waals surface area contributed by atoms with Gasteiger partial charge in [-0.1, -0.05) is 11.6 Å². The number of carboxylic acid groups (broad SMARTS) is 1. The van der Waals surface area contributed by atoms with E-state index < -0.39 is 55.3 Å². The Morgan fingerprint density at radius 1 is 1.39 bits per heavy atom. The number of hydrogen-bond acceptors (Lipinski definition) is 8. The lowest BCUT2D eigenvalue weighted by atomic mass is 9.97. The fraction of sp³-hybridized carbons (Fsp3) is 0.333. The first-order valence-electron chi connectivity index (χ1n) is 7.75. The molecule has 2 aliphatic rings. The Morgan fingerprint density at radius 3 is 2.57 bits per heavy atom. The molecular weight excluding hydrogens is 418 g/mol. The van der Waals surface area contributed by atoms with Crippen LogP contribution in [0, 0.1) is 0 Å². The number of benzene rings is 1. The maximum atomic E-state index is 12.7. The Balaban J connectivity index is 1.87. The number of fused-ring (bicyclic) bond motifs is 1. The molecule has 2 saturated heterocycles. The molecule has 0 aromatic heterocycles. The molecule has 28 heavy (non-hydrogen) atoms. The number of rotatable bonds is 4. The molecule has 0 saturated carbocycles. The third kappa shape index (κ3) is 2.67. The van der Waals surface area contributed by atoms with E-state index in [-0.39, 0.29) is 17.0 Å². The predicted octanol–water partition coefficient (Wildman–Crippen LogP) is -0.334. The minimum Gasteiger partial charge on any atom is -0.504 e. The first-order chi connectivity index (χ1) is 12.9. The van der Waals surface area contributed by atoms with Crippen molar-refractivity contribution in [2.75, 3.05) is 0 Å². The number of aromatic hydroxyl groups is 2. The molecule has 1 aromatic carbocycles. The minimum atomic E-state index is -4.11. The van der Waals surface area contributed by atoms with E-state index in [0.717, 1.165) is 30.2 Å². The third-order valence-electron chi connectivity index (χ3n) is 4.77. The molecule has 0 bridgehead atoms. The van der Waals surface area contributed by atoms with Gasteiger partial charge in [-0.3, -0.25) is 9.59 Å². The summed E-state index contributed by atoms with van der Waals surface area (Å²) in [5.74, 6) is -4.30. The summed E-state index contributed by atoms with van der Waals surface area (Å²) in [4.78, 5) is 36.2. The number of hydrogen-bond donors (Lipinski definition) is 4. The maximum Gasteiger partial charge on any atom is 0.328 e. The summed E-state index contributed by atoms with van der Waals surface area (Å²) >= 11 is 5.66. The van der Waals surface area contributed by atoms with E-state index in [1.165, 1.54) is 0 Å². The van der Waals surface area contributed by atoms with Gasteiger partial charge in [-0.25, -0.2) is 18.6 Å². The average Bonchev–Trinajstić information content (AvgIpc) is 2.73. The van der Waals surface area contributed by atoms with Crippen molar-refractivity contribution in [3.05, 3.63) is 22.7 Å². The smallest absolute Gasteiger partial charge is 0.328 e. The number of aliphatic carboxylic acids is 1. The van der Waals surface area contributed by atoms with E-state index >= 15 is 0 Å². The van der Waals surface area contributed by atoms with Crippen molar-refractivity contribution >= 4 is 45.4 Å². The molecule has 0 spiro atoms. The second-order valence-electron chi connectivity index (χ2n) is 6.45. The summed E-state index contributed by atoms with van der Waals surface area (Å²) in [7, 11) is -4.11. The van der Waals surface area contributed by atoms with E-state index in [2.05, 4.69) is 5.10 Å². The number of phenols is 2. The van der Waals surface area contributed by atoms with Gasteiger partial charge in [0.05, 0.1) is 11.4 Å². The lowest BCUT2D eigenvalue weighted by Gasteiger charge is -2.35. The summed E-state index contributed by atoms with van der Waals surface area (Å²) < 4.78 is 23.3. The van der Waals surface area contributed by atoms with Crippen LogP contribution in [0.3, 0.4) is 0 Å². The highest BCUT2D eigenvalue weighted by molar-refractivity contribution is 7.94. The summed E-state index contributed by atoms with van der Waals surface area (Å²) in [5, 5.41) is 30.3. The topological polar surface area (TPSA) is 174 Å². The van der Waals surface area contributed by atoms with Crippen molar-refractivity contribution in [3.8, 4) is 11.5 Å². The standard InChI is InChI=1S/C15H14ClN3O8S/c1-15(12(14(24)25)19-9(21)4-10(19)28(15,26)27)5-17-18-13(23)6-2-7(16)11(22)8(20)3-6/h2-3,5,10,12,20,22H,4H2,1H3,(H,18,23)(H,24,25)/b17-5+/t10-,12+,15+/m1/s1. The number of phenolic OH excluding ortho intramolecular Hbond substituents is 2. The zero-order chi connectivity index (χ0) is 21.0. The first-order valence-corrected chi connectivity index (χ1v) is 9.67. The van der Waals surface area contributed by atoms with Crippen LogP contribution >= 0.6 is 11.6 Å². The van der Waals surface area contributed by atoms with Crippen molar-refractivity contribution < 1.29 is 38.1 Å². The quantitative estimate of drug-likeness (QED) is 0.217. The summed E-state index contributed by atoms with van der Waals surface area (Å²) in [5.41, 5.74) is 1.81. The van der Waals surface area contributed by atoms with E-state index in [0.29, 0.717) is 0 Å². The molecule has 4 N–H and O–H groups in total. The van der Waals surface area contributed by atoms with Gasteiger partial charge >= 0.3 is 5.97 Å². The van der Waals surface area contributed by atoms with Crippen molar-refractivity contribution in [2.45, 2.75) is 29.5 Å². The molecule has 0 aliphatic carbocycles. The third-order valence-corrected chi connectivity index (χ3v) is 7.72. The summed E-state index contributed by atoms with van der Waals surface area (Å²) in [6.45, 7) is 1.10. The predicted molar refractivity (Wildman–Crippen MR) is 94.7 cm³/mol. The van der Waals surface area contributed by atoms with Crippen LogP contribution in [0.2, 0.25) is 5.02 Å². The maximum absolute atomic E-state index is 12.7. The van der Waals surface area contributed by atoms with Gasteiger partial charge in [0.2, 0.25) is 5.91 Å². The Labute approximate surface area is 163 Å². The highest BCUT2D eigenvalue weighted by Gasteiger charge is 2.69. The summed E-state index contributed by atoms with van der Waals surface area (Å²) in [6, 6.07) is 0.266. The number of nitrogens with zero attached hydrogens (tertiary/aromatic N) is 2. The second kappa shape index (κ2) is 6.34. The monoisotopic (exact) mass is 431 g/mol. The van der Waals surface area contributed by atoms with E-state index in [1.807, 2.05) is 5.43 Å². The number of carboxylic acids is 1. The van der Waals surface area contributed by atoms with Gasteiger partial charge < -0.3 is 20.2 Å². The molecule has 3 atom stereocenters. The van der Waals surface area contributed by atoms with Gasteiger partial charge in [-0.2, -0.15) is 5.10 Å². The second-order valence-corrected chi connectivity index (χ2v) is 9.38. The molecule has 0 radical (unpaired) electrons. The fourth-order valence-corrected chi connectivity index (χ4v) is 5.63. The number of sulfone groups is 1. The van der Waals surface area contributed by atoms with E-state index in [1.54, 1.807) is 0 Å². The molecule has 2 heterocycles. The number of hydrazone groups is 1. The van der Waals surface area contributed by atoms with Crippen molar-refractivity contribution in [3.63, 3.8) is 0 Å². The average molecular weight is 432 g/mol. The molecule has 13 heteroatoms. The highest BCUT2D eigenvalue weighted by Crippen LogP contribution is 2.45. The Hall–Kier alpha value is -2.86. The number of β-lactam (4-membered cyclic amide) rings is 1. The molecule has 2 amide bonds. The van der Waals surface area contributed by atoms with Crippen LogP contribution in [0.5, 0.6) is 11.5 Å². The van der Waals surface area contributed by atoms with Crippen LogP contribution in [0.4, 0.5) is 0 Å². The van der Waals surface area contributed by atoms with Gasteiger partial charge in [0.15, 0.2) is 27.4 Å². The lowest BCUT2D eigenvalue weighted by molar-refractivity contribution is -0.156. The highest BCUT2D eigenvalue weighted by atomic mass is 35.5. The summed E-state index contributed by atoms with van der Waals surface area (Å²) in [6.07, 6.45) is 0.444. The van der Waals surface area contributed by atoms with Crippen molar-refractivity contribution in [1.29, 1.82) is 0 Å². The molecule has 0 unspecified atom stereocenters. The number of nitrogens with one attached hydrogen (secondary N) is 1. The normalized spacial score (nSPS) is 28.1. The molecule has 2 fully saturated rings. The number of carbonyl (C=O) groups is 3. The van der Waals surface area contributed by atoms with Crippen molar-refractivity contribution in [1.82, 2.24) is 10.3 Å². The molecule has 1 aromatic rings. The molecular formula is C15H14ClN3O8S. The van der Waals surface area contributed by atoms with Crippen LogP contribution in [0.1, 0.15) is 23.7 Å². The fourth-order valence-electron chi connectivity index (χ4n) is 3.20. The Morgan fingerprint density at radius 2 is 2.04 bits per heavy atom. The lowest BCUT2D eigenvalue weighted by Crippen LogP contribution is -2.57. The molecule has 11 nitrogen and oxygen atoms in total. The van der Waals surface area contributed by atoms with Gasteiger partial charge in [-0.05, 0) is 19.1 Å². The van der Waals surface area contributed by atoms with E-state index in [9.17, 15) is 38.1 Å². The molecule has 3 rings (SSSR count). The number of amides is 2. The minimum absolute atomic E-state index is 0.189. The van der Waals surface area contributed by atoms with Crippen LogP contribution in [-0.2, 0) is 19.4 Å². The van der Waals surface area contributed by atoms with Gasteiger partial charge in [0, 0.05) is 11.8 Å². The van der Waals surface area contributed by atoms with Gasteiger partial charge in [0.1, 0.15) is 10.1 Å². The zero-order valence-corrected chi connectivity index (χ0v) is 15.7. The molecule has 150 valence electrons. The number of halogens is 1. The Bertz CT molecular complexity index is 1020. The van der Waals surface area contributed by atoms with Crippen LogP contribution in [0.15, 0.2) is 17.2 Å². The van der Waals surface area contributed by atoms with Crippen LogP contribution in [-0.4, -0.2) is 68.8 Å². The van der Waals surface area contributed by atoms with Gasteiger partial charge in [0.25, 0.3) is 5.91 Å². The van der Waals surface area contributed by atoms with E-state index in [4.69, 9.17) is 11.6 Å². The zero-order valence-electron chi connectivity index (χ0n) is 14.2. The van der Waals surface area contributed by atoms with Crippen LogP contribution in [0.25, 0.3) is 0 Å². The largest absolute Gasteiger partial charge is 0.504 e. The van der Waals surface area contributed by atoms with Crippen molar-refractivity contribution in [2.24, 2.45) is 5.10 Å². The number of carbonyl (C=O) groups excluding carboxylic acids is 2. The van der Waals surface area contributed by atoms with Gasteiger partial charge in [-0.15, -0.1) is 0 Å². The van der Waals surface area contributed by atoms with Crippen LogP contribution < -0.4 is 5.43 Å². The first kappa shape index (κ1) is 19.9. The Kier molecular flexibility index (Phi) is 4.51. The molecule has 2 aliphatic heterocycles. The SMILES string of the molecule is C[C@]1(/C=N/NC(=O)c2cc(O)c(O)c(Cl)c2)[C@H](C(=O)O)N2C(=O)C[C@H]2S1(=O)=O.